The summed E-state index contributed by atoms with van der Waals surface area (Å²) >= 11 is 11.8. The van der Waals surface area contributed by atoms with Crippen molar-refractivity contribution in [3.63, 3.8) is 0 Å². The first-order valence-electron chi connectivity index (χ1n) is 7.80. The number of anilines is 1. The predicted molar refractivity (Wildman–Crippen MR) is 97.4 cm³/mol. The summed E-state index contributed by atoms with van der Waals surface area (Å²) in [6, 6.07) is 9.45. The van der Waals surface area contributed by atoms with Crippen LogP contribution in [0.5, 0.6) is 11.5 Å². The van der Waals surface area contributed by atoms with Crippen LogP contribution in [0.1, 0.15) is 17.3 Å². The molecule has 3 rings (SSSR count). The van der Waals surface area contributed by atoms with E-state index in [0.29, 0.717) is 35.4 Å². The van der Waals surface area contributed by atoms with Crippen molar-refractivity contribution in [3.8, 4) is 11.5 Å². The molecule has 1 heterocycles. The molecule has 0 spiro atoms. The number of hydrogen-bond acceptors (Lipinski definition) is 5. The Morgan fingerprint density at radius 2 is 1.81 bits per heavy atom. The van der Waals surface area contributed by atoms with Crippen LogP contribution >= 0.6 is 23.2 Å². The molecule has 0 saturated heterocycles. The number of halogens is 2. The van der Waals surface area contributed by atoms with Gasteiger partial charge >= 0.3 is 5.97 Å². The van der Waals surface area contributed by atoms with E-state index in [0.717, 1.165) is 0 Å². The summed E-state index contributed by atoms with van der Waals surface area (Å²) < 4.78 is 16.1. The highest BCUT2D eigenvalue weighted by Gasteiger charge is 2.21. The lowest BCUT2D eigenvalue weighted by Crippen LogP contribution is -2.30. The Balaban J connectivity index is 1.64. The first-order valence-corrected chi connectivity index (χ1v) is 8.56. The molecule has 1 aliphatic heterocycles. The molecule has 2 aromatic rings. The average molecular weight is 396 g/mol. The van der Waals surface area contributed by atoms with Crippen LogP contribution in [0.15, 0.2) is 36.4 Å². The van der Waals surface area contributed by atoms with Gasteiger partial charge in [0.2, 0.25) is 0 Å². The van der Waals surface area contributed by atoms with Gasteiger partial charge < -0.3 is 19.5 Å². The van der Waals surface area contributed by atoms with Gasteiger partial charge in [0.25, 0.3) is 5.91 Å². The quantitative estimate of drug-likeness (QED) is 0.793. The van der Waals surface area contributed by atoms with Crippen LogP contribution < -0.4 is 14.8 Å². The summed E-state index contributed by atoms with van der Waals surface area (Å²) in [5, 5.41) is 3.20. The maximum Gasteiger partial charge on any atom is 0.340 e. The third kappa shape index (κ3) is 4.20. The second-order valence-corrected chi connectivity index (χ2v) is 6.36. The van der Waals surface area contributed by atoms with Crippen molar-refractivity contribution >= 4 is 40.8 Å². The first kappa shape index (κ1) is 18.4. The molecule has 1 N–H and O–H groups in total. The Bertz CT molecular complexity index is 855. The van der Waals surface area contributed by atoms with Crippen LogP contribution in [0.2, 0.25) is 10.0 Å². The molecule has 8 heteroatoms. The van der Waals surface area contributed by atoms with E-state index in [1.165, 1.54) is 19.1 Å². The van der Waals surface area contributed by atoms with Crippen LogP contribution in [-0.4, -0.2) is 31.2 Å². The van der Waals surface area contributed by atoms with Crippen molar-refractivity contribution in [2.75, 3.05) is 18.5 Å². The molecule has 1 atom stereocenters. The zero-order chi connectivity index (χ0) is 18.7. The lowest BCUT2D eigenvalue weighted by Gasteiger charge is -2.19. The van der Waals surface area contributed by atoms with Crippen molar-refractivity contribution in [1.82, 2.24) is 0 Å². The number of benzene rings is 2. The molecular weight excluding hydrogens is 381 g/mol. The highest BCUT2D eigenvalue weighted by Crippen LogP contribution is 2.32. The van der Waals surface area contributed by atoms with E-state index in [1.807, 2.05) is 0 Å². The van der Waals surface area contributed by atoms with E-state index in [9.17, 15) is 9.59 Å². The Morgan fingerprint density at radius 3 is 2.58 bits per heavy atom. The van der Waals surface area contributed by atoms with Crippen molar-refractivity contribution in [2.45, 2.75) is 13.0 Å². The minimum Gasteiger partial charge on any atom is -0.486 e. The van der Waals surface area contributed by atoms with E-state index < -0.39 is 18.0 Å². The van der Waals surface area contributed by atoms with Crippen LogP contribution in [-0.2, 0) is 9.53 Å². The molecule has 1 amide bonds. The maximum atomic E-state index is 12.3. The van der Waals surface area contributed by atoms with Crippen LogP contribution in [0.25, 0.3) is 0 Å². The van der Waals surface area contributed by atoms with Gasteiger partial charge in [0, 0.05) is 16.8 Å². The highest BCUT2D eigenvalue weighted by molar-refractivity contribution is 6.35. The third-order valence-electron chi connectivity index (χ3n) is 3.61. The standard InChI is InChI=1S/C18H15Cl2NO5/c1-10(26-18(23)13-8-11(19)2-4-14(13)20)17(22)21-12-3-5-15-16(9-12)25-7-6-24-15/h2-5,8-10H,6-7H2,1H3,(H,21,22). The molecule has 136 valence electrons. The fourth-order valence-electron chi connectivity index (χ4n) is 2.30. The molecule has 2 aromatic carbocycles. The molecule has 6 nitrogen and oxygen atoms in total. The van der Waals surface area contributed by atoms with Gasteiger partial charge in [-0.2, -0.15) is 0 Å². The number of amides is 1. The van der Waals surface area contributed by atoms with Crippen molar-refractivity contribution in [1.29, 1.82) is 0 Å². The fourth-order valence-corrected chi connectivity index (χ4v) is 2.66. The number of rotatable bonds is 4. The number of ether oxygens (including phenoxy) is 3. The van der Waals surface area contributed by atoms with Crippen molar-refractivity contribution in [3.05, 3.63) is 52.0 Å². The Labute approximate surface area is 159 Å². The van der Waals surface area contributed by atoms with E-state index in [2.05, 4.69) is 5.32 Å². The number of nitrogens with one attached hydrogen (secondary N) is 1. The molecule has 1 aliphatic rings. The molecule has 0 radical (unpaired) electrons. The maximum absolute atomic E-state index is 12.3. The molecule has 0 saturated carbocycles. The Hall–Kier alpha value is -2.44. The van der Waals surface area contributed by atoms with Gasteiger partial charge in [0.05, 0.1) is 10.6 Å². The predicted octanol–water partition coefficient (Wildman–Crippen LogP) is 3.95. The zero-order valence-corrected chi connectivity index (χ0v) is 15.3. The second kappa shape index (κ2) is 7.85. The molecule has 0 aromatic heterocycles. The summed E-state index contributed by atoms with van der Waals surface area (Å²) in [6.07, 6.45) is -1.04. The molecule has 0 aliphatic carbocycles. The number of hydrogen-bond donors (Lipinski definition) is 1. The summed E-state index contributed by atoms with van der Waals surface area (Å²) in [6.45, 7) is 2.39. The molecule has 0 fully saturated rings. The number of fused-ring (bicyclic) bond motifs is 1. The minimum atomic E-state index is -1.04. The molecule has 1 unspecified atom stereocenters. The van der Waals surface area contributed by atoms with E-state index in [-0.39, 0.29) is 10.6 Å². The number of carbonyl (C=O) groups is 2. The van der Waals surface area contributed by atoms with Crippen LogP contribution in [0.3, 0.4) is 0 Å². The SMILES string of the molecule is CC(OC(=O)c1cc(Cl)ccc1Cl)C(=O)Nc1ccc2c(c1)OCCO2. The summed E-state index contributed by atoms with van der Waals surface area (Å²) in [4.78, 5) is 24.5. The Kier molecular flexibility index (Phi) is 5.54. The first-order chi connectivity index (χ1) is 12.4. The van der Waals surface area contributed by atoms with Gasteiger partial charge in [-0.25, -0.2) is 4.79 Å². The van der Waals surface area contributed by atoms with Gasteiger partial charge in [-0.15, -0.1) is 0 Å². The third-order valence-corrected chi connectivity index (χ3v) is 4.18. The van der Waals surface area contributed by atoms with Crippen molar-refractivity contribution in [2.24, 2.45) is 0 Å². The van der Waals surface area contributed by atoms with E-state index >= 15 is 0 Å². The van der Waals surface area contributed by atoms with E-state index in [1.54, 1.807) is 24.3 Å². The largest absolute Gasteiger partial charge is 0.486 e. The second-order valence-electron chi connectivity index (χ2n) is 5.52. The summed E-state index contributed by atoms with van der Waals surface area (Å²) in [5.41, 5.74) is 0.598. The van der Waals surface area contributed by atoms with Crippen LogP contribution in [0.4, 0.5) is 5.69 Å². The van der Waals surface area contributed by atoms with Crippen LogP contribution in [0, 0.1) is 0 Å². The number of esters is 1. The summed E-state index contributed by atoms with van der Waals surface area (Å²) in [7, 11) is 0. The lowest BCUT2D eigenvalue weighted by atomic mass is 10.2. The molecule has 0 bridgehead atoms. The van der Waals surface area contributed by atoms with Gasteiger partial charge in [0.15, 0.2) is 17.6 Å². The average Bonchev–Trinajstić information content (AvgIpc) is 2.63. The van der Waals surface area contributed by atoms with Gasteiger partial charge in [-0.3, -0.25) is 4.79 Å². The molecular formula is C18H15Cl2NO5. The Morgan fingerprint density at radius 1 is 1.08 bits per heavy atom. The topological polar surface area (TPSA) is 73.9 Å². The summed E-state index contributed by atoms with van der Waals surface area (Å²) in [5.74, 6) is -0.0655. The van der Waals surface area contributed by atoms with Gasteiger partial charge in [-0.05, 0) is 37.3 Å². The lowest BCUT2D eigenvalue weighted by molar-refractivity contribution is -0.123. The normalized spacial score (nSPS) is 13.7. The van der Waals surface area contributed by atoms with Gasteiger partial charge in [-0.1, -0.05) is 23.2 Å². The molecule has 26 heavy (non-hydrogen) atoms. The van der Waals surface area contributed by atoms with Gasteiger partial charge in [0.1, 0.15) is 13.2 Å². The van der Waals surface area contributed by atoms with Crippen molar-refractivity contribution < 1.29 is 23.8 Å². The minimum absolute atomic E-state index is 0.0955. The fraction of sp³-hybridized carbons (Fsp3) is 0.222. The van der Waals surface area contributed by atoms with E-state index in [4.69, 9.17) is 37.4 Å². The highest BCUT2D eigenvalue weighted by atomic mass is 35.5. The zero-order valence-electron chi connectivity index (χ0n) is 13.8. The number of carbonyl (C=O) groups excluding carboxylic acids is 2. The monoisotopic (exact) mass is 395 g/mol. The smallest absolute Gasteiger partial charge is 0.340 e.